The van der Waals surface area contributed by atoms with Crippen molar-refractivity contribution in [1.29, 1.82) is 0 Å². The number of amides is 1. The molecule has 4 aromatic rings. The second kappa shape index (κ2) is 11.2. The van der Waals surface area contributed by atoms with Gasteiger partial charge in [0.25, 0.3) is 0 Å². The number of fused-ring (bicyclic) bond motifs is 4. The number of hydrogen-bond donors (Lipinski definition) is 1. The molecule has 1 aliphatic carbocycles. The molecule has 4 heterocycles. The molecule has 0 radical (unpaired) electrons. The van der Waals surface area contributed by atoms with Crippen LogP contribution in [0.3, 0.4) is 0 Å². The summed E-state index contributed by atoms with van der Waals surface area (Å²) in [4.78, 5) is 27.9. The number of piperazine rings is 1. The molecule has 0 unspecified atom stereocenters. The number of rotatable bonds is 5. The number of piperidine rings is 1. The van der Waals surface area contributed by atoms with Crippen molar-refractivity contribution >= 4 is 33.6 Å². The summed E-state index contributed by atoms with van der Waals surface area (Å²) in [6.07, 6.45) is 10.8. The molecule has 0 spiro atoms. The summed E-state index contributed by atoms with van der Waals surface area (Å²) in [6, 6.07) is 9.27. The van der Waals surface area contributed by atoms with Gasteiger partial charge in [0.15, 0.2) is 5.82 Å². The number of phenolic OH excluding ortho intramolecular Hbond substituents is 1. The number of anilines is 1. The zero-order valence-corrected chi connectivity index (χ0v) is 26.1. The third-order valence-corrected chi connectivity index (χ3v) is 10.7. The first-order valence-electron chi connectivity index (χ1n) is 16.2. The molecule has 3 aliphatic heterocycles. The molecule has 1 amide bonds. The number of halogens is 2. The maximum atomic E-state index is 16.9. The largest absolute Gasteiger partial charge is 0.508 e. The molecule has 242 valence electrons. The Morgan fingerprint density at radius 1 is 1.11 bits per heavy atom. The Hall–Kier alpha value is -4.69. The minimum atomic E-state index is -0.664. The molecule has 3 atom stereocenters. The van der Waals surface area contributed by atoms with E-state index in [2.05, 4.69) is 22.9 Å². The summed E-state index contributed by atoms with van der Waals surface area (Å²) in [7, 11) is 2.17. The molecule has 1 N–H and O–H groups in total. The molecule has 9 nitrogen and oxygen atoms in total. The van der Waals surface area contributed by atoms with Gasteiger partial charge in [0.05, 0.1) is 18.2 Å². The van der Waals surface area contributed by atoms with Crippen molar-refractivity contribution < 1.29 is 28.2 Å². The van der Waals surface area contributed by atoms with E-state index in [4.69, 9.17) is 20.9 Å². The van der Waals surface area contributed by atoms with Gasteiger partial charge in [0.2, 0.25) is 0 Å². The van der Waals surface area contributed by atoms with Crippen LogP contribution >= 0.6 is 0 Å². The van der Waals surface area contributed by atoms with Crippen LogP contribution in [-0.4, -0.2) is 89.5 Å². The Kier molecular flexibility index (Phi) is 7.10. The molecule has 3 aromatic carbocycles. The summed E-state index contributed by atoms with van der Waals surface area (Å²) in [6.45, 7) is 3.13. The van der Waals surface area contributed by atoms with Gasteiger partial charge in [-0.1, -0.05) is 24.5 Å². The van der Waals surface area contributed by atoms with Crippen LogP contribution in [0.1, 0.15) is 37.7 Å². The zero-order chi connectivity index (χ0) is 32.4. The standard InChI is InChI=1S/C36H35F2N5O4/c1-3-24-28(37)10-7-21-16-23(44)17-27(30(21)24)25-8-9-26-32(31(25)38)39-34(47-20-36-11-4-6-29(36)41(2)13-5-12-36)40-33(26)42-14-15-43-22(18-42)19-46-35(43)45/h1,7-10,16-17,22,29,44H,4-6,11-15,18-20H2,2H3/t22-,29+,36+/m0/s1. The number of hydrogen-bond acceptors (Lipinski definition) is 8. The number of benzene rings is 3. The van der Waals surface area contributed by atoms with Gasteiger partial charge < -0.3 is 24.4 Å². The number of phenols is 1. The van der Waals surface area contributed by atoms with E-state index in [9.17, 15) is 14.3 Å². The fourth-order valence-corrected chi connectivity index (χ4v) is 8.48. The Morgan fingerprint density at radius 2 is 1.96 bits per heavy atom. The summed E-state index contributed by atoms with van der Waals surface area (Å²) in [5.74, 6) is 1.53. The van der Waals surface area contributed by atoms with E-state index >= 15 is 4.39 Å². The lowest BCUT2D eigenvalue weighted by Gasteiger charge is -2.44. The molecular formula is C36H35F2N5O4. The van der Waals surface area contributed by atoms with Gasteiger partial charge >= 0.3 is 12.1 Å². The van der Waals surface area contributed by atoms with Crippen LogP contribution in [0, 0.1) is 29.4 Å². The highest BCUT2D eigenvalue weighted by molar-refractivity contribution is 6.04. The Morgan fingerprint density at radius 3 is 2.81 bits per heavy atom. The minimum absolute atomic E-state index is 0.0154. The van der Waals surface area contributed by atoms with E-state index in [1.807, 2.05) is 4.90 Å². The number of carbonyl (C=O) groups is 1. The number of ether oxygens (including phenoxy) is 2. The normalized spacial score (nSPS) is 24.3. The van der Waals surface area contributed by atoms with Crippen LogP contribution in [0.15, 0.2) is 36.4 Å². The van der Waals surface area contributed by atoms with Crippen molar-refractivity contribution in [3.8, 4) is 35.2 Å². The molecular weight excluding hydrogens is 604 g/mol. The van der Waals surface area contributed by atoms with Gasteiger partial charge in [-0.3, -0.25) is 4.90 Å². The van der Waals surface area contributed by atoms with Crippen LogP contribution in [0.25, 0.3) is 32.8 Å². The van der Waals surface area contributed by atoms with Crippen molar-refractivity contribution in [2.75, 3.05) is 51.3 Å². The van der Waals surface area contributed by atoms with Crippen LogP contribution in [0.2, 0.25) is 0 Å². The molecule has 4 fully saturated rings. The lowest BCUT2D eigenvalue weighted by Crippen LogP contribution is -2.52. The molecule has 47 heavy (non-hydrogen) atoms. The number of aromatic nitrogens is 2. The molecule has 1 aromatic heterocycles. The fourth-order valence-electron chi connectivity index (χ4n) is 8.48. The quantitative estimate of drug-likeness (QED) is 0.278. The highest BCUT2D eigenvalue weighted by atomic mass is 19.1. The molecule has 11 heteroatoms. The average molecular weight is 640 g/mol. The van der Waals surface area contributed by atoms with E-state index in [1.165, 1.54) is 24.3 Å². The first-order valence-corrected chi connectivity index (χ1v) is 16.2. The maximum Gasteiger partial charge on any atom is 0.410 e. The van der Waals surface area contributed by atoms with Crippen molar-refractivity contribution in [2.45, 2.75) is 44.2 Å². The molecule has 4 aliphatic rings. The van der Waals surface area contributed by atoms with E-state index in [0.717, 1.165) is 38.6 Å². The van der Waals surface area contributed by atoms with E-state index < -0.39 is 11.6 Å². The van der Waals surface area contributed by atoms with Gasteiger partial charge in [-0.25, -0.2) is 13.6 Å². The Bertz CT molecular complexity index is 1980. The lowest BCUT2D eigenvalue weighted by molar-refractivity contribution is 0.0133. The van der Waals surface area contributed by atoms with Gasteiger partial charge in [-0.05, 0) is 74.5 Å². The first-order chi connectivity index (χ1) is 22.8. The SMILES string of the molecule is C#Cc1c(F)ccc2cc(O)cc(-c3ccc4c(N5CCN6C(=O)OC[C@@H]6C5)nc(OC[C@]56CCC[C@H]5N(C)CCC6)nc4c3F)c12. The lowest BCUT2D eigenvalue weighted by atomic mass is 9.76. The number of carbonyl (C=O) groups excluding carboxylic acids is 1. The molecule has 8 rings (SSSR count). The van der Waals surface area contributed by atoms with Crippen LogP contribution in [0.4, 0.5) is 19.4 Å². The van der Waals surface area contributed by atoms with Crippen LogP contribution in [0.5, 0.6) is 11.8 Å². The fraction of sp³-hybridized carbons (Fsp3) is 0.417. The van der Waals surface area contributed by atoms with Crippen LogP contribution in [-0.2, 0) is 4.74 Å². The van der Waals surface area contributed by atoms with Gasteiger partial charge in [-0.2, -0.15) is 9.97 Å². The number of likely N-dealkylation sites (tertiary alicyclic amines) is 1. The second-order valence-corrected chi connectivity index (χ2v) is 13.3. The van der Waals surface area contributed by atoms with Crippen LogP contribution < -0.4 is 9.64 Å². The Balaban J connectivity index is 1.26. The smallest absolute Gasteiger partial charge is 0.410 e. The molecule has 0 bridgehead atoms. The number of nitrogens with zero attached hydrogens (tertiary/aromatic N) is 5. The van der Waals surface area contributed by atoms with Crippen molar-refractivity contribution in [1.82, 2.24) is 19.8 Å². The van der Waals surface area contributed by atoms with E-state index in [-0.39, 0.29) is 58.1 Å². The van der Waals surface area contributed by atoms with Crippen molar-refractivity contribution in [2.24, 2.45) is 5.41 Å². The van der Waals surface area contributed by atoms with E-state index in [1.54, 1.807) is 17.0 Å². The highest BCUT2D eigenvalue weighted by Crippen LogP contribution is 2.48. The van der Waals surface area contributed by atoms with Gasteiger partial charge in [0, 0.05) is 47.4 Å². The topological polar surface area (TPSA) is 91.3 Å². The number of cyclic esters (lactones) is 1. The predicted molar refractivity (Wildman–Crippen MR) is 173 cm³/mol. The number of terminal acetylenes is 1. The third-order valence-electron chi connectivity index (χ3n) is 10.7. The zero-order valence-electron chi connectivity index (χ0n) is 26.1. The first kappa shape index (κ1) is 29.7. The van der Waals surface area contributed by atoms with Crippen molar-refractivity contribution in [3.63, 3.8) is 0 Å². The second-order valence-electron chi connectivity index (χ2n) is 13.3. The van der Waals surface area contributed by atoms with Crippen molar-refractivity contribution in [3.05, 3.63) is 53.6 Å². The van der Waals surface area contributed by atoms with Gasteiger partial charge in [-0.15, -0.1) is 6.42 Å². The van der Waals surface area contributed by atoms with Gasteiger partial charge in [0.1, 0.15) is 29.5 Å². The average Bonchev–Trinajstić information content (AvgIpc) is 3.68. The summed E-state index contributed by atoms with van der Waals surface area (Å²) in [5.41, 5.74) is 0.370. The molecule has 3 saturated heterocycles. The predicted octanol–water partition coefficient (Wildman–Crippen LogP) is 5.70. The molecule has 1 saturated carbocycles. The number of aromatic hydroxyl groups is 1. The summed E-state index contributed by atoms with van der Waals surface area (Å²) >= 11 is 0. The monoisotopic (exact) mass is 639 g/mol. The maximum absolute atomic E-state index is 16.9. The third kappa shape index (κ3) is 4.80. The summed E-state index contributed by atoms with van der Waals surface area (Å²) < 4.78 is 43.5. The Labute approximate surface area is 271 Å². The summed E-state index contributed by atoms with van der Waals surface area (Å²) in [5, 5.41) is 11.9. The highest BCUT2D eigenvalue weighted by Gasteiger charge is 2.47. The van der Waals surface area contributed by atoms with E-state index in [0.29, 0.717) is 54.3 Å². The minimum Gasteiger partial charge on any atom is -0.508 e.